The molecular weight excluding hydrogens is 498 g/mol. The van der Waals surface area contributed by atoms with E-state index in [2.05, 4.69) is 95.6 Å². The fraction of sp³-hybridized carbons (Fsp3) is 0.212. The van der Waals surface area contributed by atoms with Crippen LogP contribution in [0.4, 0.5) is 0 Å². The molecule has 0 unspecified atom stereocenters. The maximum Gasteiger partial charge on any atom is 0.185 e. The van der Waals surface area contributed by atoms with Crippen LogP contribution in [-0.2, 0) is 12.8 Å². The highest BCUT2D eigenvalue weighted by atomic mass is 32.1. The summed E-state index contributed by atoms with van der Waals surface area (Å²) < 4.78 is 2.61. The Hall–Kier alpha value is -4.16. The van der Waals surface area contributed by atoms with E-state index in [0.29, 0.717) is 12.4 Å². The van der Waals surface area contributed by atoms with Gasteiger partial charge >= 0.3 is 0 Å². The first-order valence-electron chi connectivity index (χ1n) is 13.5. The largest absolute Gasteiger partial charge is 0.374 e. The summed E-state index contributed by atoms with van der Waals surface area (Å²) in [7, 11) is 0. The van der Waals surface area contributed by atoms with E-state index >= 15 is 0 Å². The van der Waals surface area contributed by atoms with Crippen molar-refractivity contribution in [1.82, 2.24) is 10.6 Å². The van der Waals surface area contributed by atoms with Crippen LogP contribution >= 0.6 is 11.3 Å². The van der Waals surface area contributed by atoms with Gasteiger partial charge in [0.25, 0.3) is 0 Å². The Labute approximate surface area is 234 Å². The van der Waals surface area contributed by atoms with Gasteiger partial charge in [-0.15, -0.1) is 11.3 Å². The number of hydrogen-bond donors (Lipinski definition) is 5. The first-order valence-corrected chi connectivity index (χ1v) is 14.3. The molecule has 0 aliphatic rings. The Bertz CT molecular complexity index is 1510. The number of thiophene rings is 1. The van der Waals surface area contributed by atoms with Crippen LogP contribution < -0.4 is 16.4 Å². The molecule has 0 spiro atoms. The number of benzene rings is 4. The zero-order valence-electron chi connectivity index (χ0n) is 22.3. The van der Waals surface area contributed by atoms with Crippen LogP contribution in [0.5, 0.6) is 0 Å². The minimum Gasteiger partial charge on any atom is -0.374 e. The van der Waals surface area contributed by atoms with Crippen molar-refractivity contribution in [3.63, 3.8) is 0 Å². The predicted octanol–water partition coefficient (Wildman–Crippen LogP) is 7.32. The molecule has 1 aromatic heterocycles. The molecule has 6 N–H and O–H groups in total. The molecule has 6 heteroatoms. The lowest BCUT2D eigenvalue weighted by molar-refractivity contribution is 0.767. The second-order valence-corrected chi connectivity index (χ2v) is 11.1. The van der Waals surface area contributed by atoms with E-state index in [1.54, 1.807) is 6.92 Å². The number of nitrogens with two attached hydrogens (primary N) is 1. The second-order valence-electron chi connectivity index (χ2n) is 10.0. The summed E-state index contributed by atoms with van der Waals surface area (Å²) in [6.07, 6.45) is 3.88. The van der Waals surface area contributed by atoms with E-state index < -0.39 is 0 Å². The first-order chi connectivity index (χ1) is 19.0. The minimum atomic E-state index is 0.0266. The van der Waals surface area contributed by atoms with Gasteiger partial charge in [0.2, 0.25) is 0 Å². The van der Waals surface area contributed by atoms with Gasteiger partial charge in [0, 0.05) is 33.3 Å². The highest BCUT2D eigenvalue weighted by Crippen LogP contribution is 2.38. The van der Waals surface area contributed by atoms with Crippen LogP contribution in [0.25, 0.3) is 42.4 Å². The van der Waals surface area contributed by atoms with E-state index in [4.69, 9.17) is 16.6 Å². The van der Waals surface area contributed by atoms with Gasteiger partial charge < -0.3 is 16.4 Å². The molecule has 4 aromatic carbocycles. The smallest absolute Gasteiger partial charge is 0.185 e. The number of nitrogens with one attached hydrogen (secondary N) is 4. The second kappa shape index (κ2) is 12.1. The molecule has 0 aliphatic heterocycles. The van der Waals surface area contributed by atoms with E-state index in [-0.39, 0.29) is 5.96 Å². The molecule has 0 bridgehead atoms. The number of rotatable bonds is 10. The predicted molar refractivity (Wildman–Crippen MR) is 168 cm³/mol. The van der Waals surface area contributed by atoms with E-state index in [1.165, 1.54) is 53.6 Å². The number of aryl methyl sites for hydroxylation is 2. The number of amidine groups is 1. The standard InChI is InChI=1S/C33H35N5S/c1-22(34)37-16-4-8-23-6-2-10-25(18-23)27-12-14-31-29(20-27)30-21-28(13-15-32(30)39-31)26-11-3-7-24(19-26)9-5-17-38-33(35)36/h2-3,6-7,10-15,18-21H,4-5,8-9,16-17H2,1H3,(H2,34,37)(H4,35,36,38). The first kappa shape index (κ1) is 26.4. The number of fused-ring (bicyclic) bond motifs is 3. The molecule has 0 fully saturated rings. The van der Waals surface area contributed by atoms with Gasteiger partial charge in [0.15, 0.2) is 5.96 Å². The topological polar surface area (TPSA) is 97.8 Å². The van der Waals surface area contributed by atoms with Crippen molar-refractivity contribution in [3.05, 3.63) is 96.1 Å². The summed E-state index contributed by atoms with van der Waals surface area (Å²) in [5.74, 6) is 0.549. The highest BCUT2D eigenvalue weighted by Gasteiger charge is 2.10. The highest BCUT2D eigenvalue weighted by molar-refractivity contribution is 7.25. The van der Waals surface area contributed by atoms with Gasteiger partial charge in [-0.25, -0.2) is 0 Å². The minimum absolute atomic E-state index is 0.0266. The molecule has 5 rings (SSSR count). The molecule has 0 radical (unpaired) electrons. The third-order valence-electron chi connectivity index (χ3n) is 6.98. The summed E-state index contributed by atoms with van der Waals surface area (Å²) in [6.45, 7) is 3.32. The molecule has 198 valence electrons. The summed E-state index contributed by atoms with van der Waals surface area (Å²) in [5.41, 5.74) is 12.9. The Morgan fingerprint density at radius 1 is 0.667 bits per heavy atom. The Morgan fingerprint density at radius 3 is 1.64 bits per heavy atom. The maximum absolute atomic E-state index is 7.53. The molecule has 0 amide bonds. The van der Waals surface area contributed by atoms with Crippen LogP contribution in [0.3, 0.4) is 0 Å². The molecule has 5 nitrogen and oxygen atoms in total. The quantitative estimate of drug-likeness (QED) is 0.0739. The van der Waals surface area contributed by atoms with Crippen LogP contribution in [0.1, 0.15) is 30.9 Å². The zero-order valence-corrected chi connectivity index (χ0v) is 23.1. The van der Waals surface area contributed by atoms with Crippen LogP contribution in [0.2, 0.25) is 0 Å². The Kier molecular flexibility index (Phi) is 8.23. The summed E-state index contributed by atoms with van der Waals surface area (Å²) in [6, 6.07) is 31.3. The van der Waals surface area contributed by atoms with Crippen molar-refractivity contribution < 1.29 is 0 Å². The van der Waals surface area contributed by atoms with Crippen molar-refractivity contribution in [2.24, 2.45) is 5.73 Å². The lowest BCUT2D eigenvalue weighted by Crippen LogP contribution is -2.31. The summed E-state index contributed by atoms with van der Waals surface area (Å²) in [5, 5.41) is 23.4. The van der Waals surface area contributed by atoms with Crippen molar-refractivity contribution in [3.8, 4) is 22.3 Å². The van der Waals surface area contributed by atoms with Gasteiger partial charge in [-0.2, -0.15) is 0 Å². The van der Waals surface area contributed by atoms with Gasteiger partial charge in [-0.3, -0.25) is 10.8 Å². The van der Waals surface area contributed by atoms with Crippen LogP contribution in [0.15, 0.2) is 84.9 Å². The number of hydrogen-bond acceptors (Lipinski definition) is 3. The van der Waals surface area contributed by atoms with Gasteiger partial charge in [0.05, 0.1) is 5.84 Å². The van der Waals surface area contributed by atoms with Crippen molar-refractivity contribution >= 4 is 43.3 Å². The van der Waals surface area contributed by atoms with E-state index in [0.717, 1.165) is 32.2 Å². The Balaban J connectivity index is 1.39. The van der Waals surface area contributed by atoms with Crippen molar-refractivity contribution in [2.75, 3.05) is 13.1 Å². The molecule has 5 aromatic rings. The lowest BCUT2D eigenvalue weighted by Gasteiger charge is -2.08. The number of guanidine groups is 1. The molecule has 0 saturated carbocycles. The van der Waals surface area contributed by atoms with Crippen LogP contribution in [0, 0.1) is 10.8 Å². The third kappa shape index (κ3) is 6.65. The van der Waals surface area contributed by atoms with Gasteiger partial charge in [0.1, 0.15) is 0 Å². The maximum atomic E-state index is 7.53. The molecule has 0 saturated heterocycles. The average molecular weight is 534 g/mol. The van der Waals surface area contributed by atoms with Crippen LogP contribution in [-0.4, -0.2) is 24.9 Å². The molecular formula is C33H35N5S. The molecule has 0 aliphatic carbocycles. The van der Waals surface area contributed by atoms with Crippen molar-refractivity contribution in [2.45, 2.75) is 32.6 Å². The van der Waals surface area contributed by atoms with Gasteiger partial charge in [-0.05, 0) is 90.3 Å². The fourth-order valence-electron chi connectivity index (χ4n) is 5.03. The SMILES string of the molecule is CC(=N)NCCCc1cccc(-c2ccc3sc4ccc(-c5cccc(CCCNC(=N)N)c5)cc4c3c2)c1. The van der Waals surface area contributed by atoms with E-state index in [9.17, 15) is 0 Å². The van der Waals surface area contributed by atoms with E-state index in [1.807, 2.05) is 11.3 Å². The van der Waals surface area contributed by atoms with Crippen molar-refractivity contribution in [1.29, 1.82) is 10.8 Å². The fourth-order valence-corrected chi connectivity index (χ4v) is 6.10. The summed E-state index contributed by atoms with van der Waals surface area (Å²) in [4.78, 5) is 0. The monoisotopic (exact) mass is 533 g/mol. The Morgan fingerprint density at radius 2 is 1.15 bits per heavy atom. The normalized spacial score (nSPS) is 11.1. The zero-order chi connectivity index (χ0) is 27.2. The third-order valence-corrected chi connectivity index (χ3v) is 8.13. The summed E-state index contributed by atoms with van der Waals surface area (Å²) >= 11 is 1.85. The molecule has 0 atom stereocenters. The average Bonchev–Trinajstić information content (AvgIpc) is 3.31. The molecule has 39 heavy (non-hydrogen) atoms. The van der Waals surface area contributed by atoms with Gasteiger partial charge in [-0.1, -0.05) is 60.7 Å². The lowest BCUT2D eigenvalue weighted by atomic mass is 9.97. The molecule has 1 heterocycles.